The molecule has 0 heterocycles. The summed E-state index contributed by atoms with van der Waals surface area (Å²) >= 11 is 0. The van der Waals surface area contributed by atoms with E-state index in [1.807, 2.05) is 0 Å². The number of carbonyl (C=O) groups is 1. The zero-order chi connectivity index (χ0) is 6.91. The highest BCUT2D eigenvalue weighted by Gasteiger charge is 2.51. The molecule has 0 bridgehead atoms. The molecule has 1 fully saturated rings. The molecule has 0 spiro atoms. The van der Waals surface area contributed by atoms with E-state index in [1.54, 1.807) is 0 Å². The van der Waals surface area contributed by atoms with Crippen LogP contribution in [0, 0.1) is 0 Å². The fourth-order valence-electron chi connectivity index (χ4n) is 0.579. The van der Waals surface area contributed by atoms with Gasteiger partial charge in [0.1, 0.15) is 0 Å². The summed E-state index contributed by atoms with van der Waals surface area (Å²) in [4.78, 5) is 23.0. The fraction of sp³-hybridized carbons (Fsp3) is 0.600. The maximum absolute atomic E-state index is 10.2. The molecule has 4 heteroatoms. The molecule has 0 aromatic carbocycles. The maximum atomic E-state index is 10.2. The average molecular weight is 127 g/mol. The summed E-state index contributed by atoms with van der Waals surface area (Å²) in [7, 11) is 0. The van der Waals surface area contributed by atoms with Gasteiger partial charge in [0, 0.05) is 0 Å². The zero-order valence-electron chi connectivity index (χ0n) is 4.63. The van der Waals surface area contributed by atoms with Gasteiger partial charge < -0.3 is 5.11 Å². The molecule has 0 atom stereocenters. The lowest BCUT2D eigenvalue weighted by molar-refractivity contribution is -0.139. The third-order valence-electron chi connectivity index (χ3n) is 1.38. The number of isocyanates is 1. The standard InChI is InChI=1S/C5H5NO3/c7-3-6-5(1-2-5)4(8)9/h1-2H2,(H,8,9). The summed E-state index contributed by atoms with van der Waals surface area (Å²) in [6.07, 6.45) is 2.19. The molecule has 0 radical (unpaired) electrons. The predicted octanol–water partition coefficient (Wildman–Crippen LogP) is -0.0606. The van der Waals surface area contributed by atoms with E-state index in [0.29, 0.717) is 12.8 Å². The second kappa shape index (κ2) is 1.67. The van der Waals surface area contributed by atoms with Crippen molar-refractivity contribution < 1.29 is 14.7 Å². The molecular weight excluding hydrogens is 122 g/mol. The second-order valence-electron chi connectivity index (χ2n) is 2.04. The van der Waals surface area contributed by atoms with Crippen molar-refractivity contribution in [2.24, 2.45) is 4.99 Å². The van der Waals surface area contributed by atoms with Crippen LogP contribution in [0.25, 0.3) is 0 Å². The molecule has 1 N–H and O–H groups in total. The minimum Gasteiger partial charge on any atom is -0.479 e. The molecule has 0 saturated heterocycles. The van der Waals surface area contributed by atoms with Gasteiger partial charge in [0.15, 0.2) is 5.54 Å². The zero-order valence-corrected chi connectivity index (χ0v) is 4.63. The first-order valence-electron chi connectivity index (χ1n) is 2.54. The number of carboxylic acids is 1. The van der Waals surface area contributed by atoms with Crippen LogP contribution in [0.15, 0.2) is 4.99 Å². The monoisotopic (exact) mass is 127 g/mol. The van der Waals surface area contributed by atoms with Crippen LogP contribution in [-0.4, -0.2) is 22.7 Å². The molecule has 1 aliphatic rings. The molecule has 48 valence electrons. The highest BCUT2D eigenvalue weighted by Crippen LogP contribution is 2.39. The molecule has 4 nitrogen and oxygen atoms in total. The Hall–Kier alpha value is -1.15. The lowest BCUT2D eigenvalue weighted by atomic mass is 10.3. The number of carbonyl (C=O) groups excluding carboxylic acids is 1. The number of nitrogens with zero attached hydrogens (tertiary/aromatic N) is 1. The van der Waals surface area contributed by atoms with Gasteiger partial charge in [0.05, 0.1) is 0 Å². The van der Waals surface area contributed by atoms with E-state index in [-0.39, 0.29) is 0 Å². The first-order chi connectivity index (χ1) is 4.21. The molecule has 1 rings (SSSR count). The van der Waals surface area contributed by atoms with Gasteiger partial charge in [-0.25, -0.2) is 9.59 Å². The third-order valence-corrected chi connectivity index (χ3v) is 1.38. The lowest BCUT2D eigenvalue weighted by Crippen LogP contribution is -2.18. The topological polar surface area (TPSA) is 66.7 Å². The van der Waals surface area contributed by atoms with Crippen LogP contribution in [0.1, 0.15) is 12.8 Å². The number of aliphatic imine (C=N–C) groups is 1. The van der Waals surface area contributed by atoms with Crippen LogP contribution in [-0.2, 0) is 9.59 Å². The Balaban J connectivity index is 2.74. The van der Waals surface area contributed by atoms with Crippen molar-refractivity contribution in [2.45, 2.75) is 18.4 Å². The Morgan fingerprint density at radius 3 is 2.33 bits per heavy atom. The molecule has 9 heavy (non-hydrogen) atoms. The van der Waals surface area contributed by atoms with Crippen molar-refractivity contribution in [3.63, 3.8) is 0 Å². The molecular formula is C5H5NO3. The van der Waals surface area contributed by atoms with Crippen molar-refractivity contribution in [2.75, 3.05) is 0 Å². The fourth-order valence-corrected chi connectivity index (χ4v) is 0.579. The summed E-state index contributed by atoms with van der Waals surface area (Å²) in [5, 5.41) is 8.36. The minimum atomic E-state index is -1.08. The average Bonchev–Trinajstić information content (AvgIpc) is 2.49. The Morgan fingerprint density at radius 1 is 1.67 bits per heavy atom. The van der Waals surface area contributed by atoms with Crippen LogP contribution >= 0.6 is 0 Å². The van der Waals surface area contributed by atoms with Gasteiger partial charge in [0.2, 0.25) is 6.08 Å². The highest BCUT2D eigenvalue weighted by molar-refractivity contribution is 5.83. The van der Waals surface area contributed by atoms with Crippen LogP contribution in [0.3, 0.4) is 0 Å². The van der Waals surface area contributed by atoms with Gasteiger partial charge in [-0.2, -0.15) is 4.99 Å². The van der Waals surface area contributed by atoms with E-state index in [9.17, 15) is 9.59 Å². The van der Waals surface area contributed by atoms with Crippen molar-refractivity contribution in [1.82, 2.24) is 0 Å². The second-order valence-corrected chi connectivity index (χ2v) is 2.04. The lowest BCUT2D eigenvalue weighted by Gasteiger charge is -1.95. The van der Waals surface area contributed by atoms with Gasteiger partial charge in [-0.05, 0) is 12.8 Å². The molecule has 0 aromatic rings. The smallest absolute Gasteiger partial charge is 0.332 e. The number of hydrogen-bond donors (Lipinski definition) is 1. The third kappa shape index (κ3) is 0.840. The van der Waals surface area contributed by atoms with Gasteiger partial charge in [-0.15, -0.1) is 0 Å². The maximum Gasteiger partial charge on any atom is 0.332 e. The number of rotatable bonds is 2. The molecule has 0 aliphatic heterocycles. The molecule has 0 unspecified atom stereocenters. The summed E-state index contributed by atoms with van der Waals surface area (Å²) in [6, 6.07) is 0. The molecule has 0 aromatic heterocycles. The van der Waals surface area contributed by atoms with E-state index >= 15 is 0 Å². The normalized spacial score (nSPS) is 20.0. The van der Waals surface area contributed by atoms with E-state index in [0.717, 1.165) is 0 Å². The van der Waals surface area contributed by atoms with Gasteiger partial charge in [-0.1, -0.05) is 0 Å². The number of aliphatic carboxylic acids is 1. The number of carboxylic acid groups (broad SMARTS) is 1. The minimum absolute atomic E-state index is 0.470. The van der Waals surface area contributed by atoms with Gasteiger partial charge >= 0.3 is 5.97 Å². The summed E-state index contributed by atoms with van der Waals surface area (Å²) in [5.41, 5.74) is -1.08. The predicted molar refractivity (Wildman–Crippen MR) is 27.7 cm³/mol. The summed E-state index contributed by atoms with van der Waals surface area (Å²) in [6.45, 7) is 0. The summed E-state index contributed by atoms with van der Waals surface area (Å²) in [5.74, 6) is -1.02. The van der Waals surface area contributed by atoms with E-state index in [4.69, 9.17) is 5.11 Å². The van der Waals surface area contributed by atoms with Crippen molar-refractivity contribution in [1.29, 1.82) is 0 Å². The molecule has 1 aliphatic carbocycles. The SMILES string of the molecule is O=C=NC1(C(=O)O)CC1. The Labute approximate surface area is 51.2 Å². The Bertz CT molecular complexity index is 184. The van der Waals surface area contributed by atoms with Gasteiger partial charge in [-0.3, -0.25) is 0 Å². The molecule has 1 saturated carbocycles. The largest absolute Gasteiger partial charge is 0.479 e. The van der Waals surface area contributed by atoms with E-state index < -0.39 is 11.5 Å². The Morgan fingerprint density at radius 2 is 2.22 bits per heavy atom. The van der Waals surface area contributed by atoms with Crippen molar-refractivity contribution >= 4 is 12.0 Å². The van der Waals surface area contributed by atoms with Crippen LogP contribution in [0.5, 0.6) is 0 Å². The van der Waals surface area contributed by atoms with E-state index in [1.165, 1.54) is 6.08 Å². The van der Waals surface area contributed by atoms with E-state index in [2.05, 4.69) is 4.99 Å². The van der Waals surface area contributed by atoms with Crippen molar-refractivity contribution in [3.05, 3.63) is 0 Å². The van der Waals surface area contributed by atoms with Crippen LogP contribution < -0.4 is 0 Å². The first kappa shape index (κ1) is 5.98. The summed E-state index contributed by atoms with van der Waals surface area (Å²) < 4.78 is 0. The first-order valence-corrected chi connectivity index (χ1v) is 2.54. The molecule has 0 amide bonds. The van der Waals surface area contributed by atoms with Crippen LogP contribution in [0.4, 0.5) is 0 Å². The quantitative estimate of drug-likeness (QED) is 0.417. The van der Waals surface area contributed by atoms with Gasteiger partial charge in [0.25, 0.3) is 0 Å². The Kier molecular flexibility index (Phi) is 1.11. The van der Waals surface area contributed by atoms with Crippen molar-refractivity contribution in [3.8, 4) is 0 Å². The van der Waals surface area contributed by atoms with Crippen LogP contribution in [0.2, 0.25) is 0 Å². The highest BCUT2D eigenvalue weighted by atomic mass is 16.4. The number of hydrogen-bond acceptors (Lipinski definition) is 3.